The number of fused-ring (bicyclic) bond motifs is 1. The van der Waals surface area contributed by atoms with E-state index in [1.54, 1.807) is 7.05 Å². The van der Waals surface area contributed by atoms with Gasteiger partial charge in [-0.25, -0.2) is 0 Å². The molecule has 2 aliphatic rings. The van der Waals surface area contributed by atoms with Gasteiger partial charge in [0, 0.05) is 30.2 Å². The van der Waals surface area contributed by atoms with E-state index >= 15 is 0 Å². The molecule has 6 heteroatoms. The number of benzene rings is 1. The molecule has 1 aliphatic carbocycles. The van der Waals surface area contributed by atoms with Crippen molar-refractivity contribution >= 4 is 17.3 Å². The molecule has 150 valence electrons. The summed E-state index contributed by atoms with van der Waals surface area (Å²) in [4.78, 5) is 11.6. The second-order valence-electron chi connectivity index (χ2n) is 8.93. The van der Waals surface area contributed by atoms with Crippen LogP contribution in [0.15, 0.2) is 18.2 Å². The quantitative estimate of drug-likeness (QED) is 0.674. The molecule has 2 atom stereocenters. The van der Waals surface area contributed by atoms with E-state index in [-0.39, 0.29) is 22.1 Å². The van der Waals surface area contributed by atoms with Crippen molar-refractivity contribution in [3.63, 3.8) is 0 Å². The first kappa shape index (κ1) is 20.6. The van der Waals surface area contributed by atoms with Crippen molar-refractivity contribution in [3.05, 3.63) is 34.9 Å². The maximum Gasteiger partial charge on any atom is 0.220 e. The zero-order valence-electron chi connectivity index (χ0n) is 17.0. The number of amides is 1. The maximum atomic E-state index is 12.9. The fourth-order valence-electron chi connectivity index (χ4n) is 4.29. The van der Waals surface area contributed by atoms with Crippen LogP contribution in [0.1, 0.15) is 62.8 Å². The number of rotatable bonds is 5. The monoisotopic (exact) mass is 391 g/mol. The van der Waals surface area contributed by atoms with Crippen LogP contribution in [0.5, 0.6) is 0 Å². The van der Waals surface area contributed by atoms with E-state index in [1.807, 2.05) is 20.8 Å². The molecule has 1 amide bonds. The molecule has 3 rings (SSSR count). The van der Waals surface area contributed by atoms with Gasteiger partial charge in [-0.1, -0.05) is 18.2 Å². The van der Waals surface area contributed by atoms with Gasteiger partial charge in [0.25, 0.3) is 0 Å². The molecule has 1 fully saturated rings. The van der Waals surface area contributed by atoms with E-state index in [0.717, 1.165) is 38.8 Å². The van der Waals surface area contributed by atoms with Crippen molar-refractivity contribution in [3.8, 4) is 0 Å². The molecule has 27 heavy (non-hydrogen) atoms. The van der Waals surface area contributed by atoms with Crippen LogP contribution in [0.2, 0.25) is 0 Å². The lowest BCUT2D eigenvalue weighted by atomic mass is 9.73. The molecule has 1 aromatic carbocycles. The summed E-state index contributed by atoms with van der Waals surface area (Å²) in [6, 6.07) is 6.72. The Balaban J connectivity index is 1.88. The average Bonchev–Trinajstić information content (AvgIpc) is 2.91. The highest BCUT2D eigenvalue weighted by atomic mass is 32.2. The topological polar surface area (TPSA) is 76.2 Å². The minimum Gasteiger partial charge on any atom is -0.598 e. The highest BCUT2D eigenvalue weighted by molar-refractivity contribution is 7.90. The summed E-state index contributed by atoms with van der Waals surface area (Å²) in [5.74, 6) is 0.0637. The summed E-state index contributed by atoms with van der Waals surface area (Å²) in [6.45, 7) is 8.07. The third-order valence-corrected chi connectivity index (χ3v) is 7.54. The standard InChI is InChI=1S/C21H33N3O2S/c1-20(2,3)27(26)24-19-17-13-15(6-8-18(25)22-4)5-7-16(17)14-21(19)9-11-23-12-10-21/h5,7,13,19,23-24H,6,8-12,14H2,1-4H3,(H,22,25)/t19-,27-/m1/s1. The predicted molar refractivity (Wildman–Crippen MR) is 111 cm³/mol. The van der Waals surface area contributed by atoms with Gasteiger partial charge < -0.3 is 15.2 Å². The van der Waals surface area contributed by atoms with Crippen molar-refractivity contribution in [1.29, 1.82) is 0 Å². The van der Waals surface area contributed by atoms with Crippen molar-refractivity contribution in [2.45, 2.75) is 63.7 Å². The summed E-state index contributed by atoms with van der Waals surface area (Å²) in [5, 5.41) is 6.16. The normalized spacial score (nSPS) is 22.5. The van der Waals surface area contributed by atoms with Crippen LogP contribution in [0.4, 0.5) is 0 Å². The number of piperidine rings is 1. The summed E-state index contributed by atoms with van der Waals surface area (Å²) >= 11 is -1.12. The smallest absolute Gasteiger partial charge is 0.220 e. The predicted octanol–water partition coefficient (Wildman–Crippen LogP) is 2.38. The van der Waals surface area contributed by atoms with Gasteiger partial charge in [0.2, 0.25) is 5.91 Å². The first-order valence-corrected chi connectivity index (χ1v) is 11.1. The Morgan fingerprint density at radius 1 is 1.33 bits per heavy atom. The van der Waals surface area contributed by atoms with Gasteiger partial charge in [-0.3, -0.25) is 4.79 Å². The second kappa shape index (κ2) is 8.11. The highest BCUT2D eigenvalue weighted by Gasteiger charge is 2.49. The number of hydrogen-bond donors (Lipinski definition) is 3. The van der Waals surface area contributed by atoms with Crippen LogP contribution in [0.3, 0.4) is 0 Å². The number of nitrogens with one attached hydrogen (secondary N) is 3. The molecule has 1 spiro atoms. The third kappa shape index (κ3) is 4.50. The first-order chi connectivity index (χ1) is 12.7. The fourth-order valence-corrected chi connectivity index (χ4v) is 5.23. The van der Waals surface area contributed by atoms with Crippen LogP contribution < -0.4 is 15.4 Å². The molecule has 0 bridgehead atoms. The van der Waals surface area contributed by atoms with Crippen molar-refractivity contribution in [2.75, 3.05) is 20.1 Å². The van der Waals surface area contributed by atoms with Crippen molar-refractivity contribution < 1.29 is 9.35 Å². The van der Waals surface area contributed by atoms with E-state index in [2.05, 4.69) is 33.6 Å². The molecule has 0 saturated carbocycles. The van der Waals surface area contributed by atoms with Crippen LogP contribution >= 0.6 is 0 Å². The SMILES string of the molecule is CNC(=O)CCc1ccc2c(c1)[C@@H](N[S@+]([O-])C(C)(C)C)C1(CCNCC1)C2. The lowest BCUT2D eigenvalue weighted by molar-refractivity contribution is -0.120. The third-order valence-electron chi connectivity index (χ3n) is 5.98. The van der Waals surface area contributed by atoms with Gasteiger partial charge in [-0.05, 0) is 76.2 Å². The van der Waals surface area contributed by atoms with Crippen LogP contribution in [-0.4, -0.2) is 35.3 Å². The van der Waals surface area contributed by atoms with Gasteiger partial charge in [0.1, 0.15) is 4.75 Å². The minimum absolute atomic E-state index is 0.0637. The Morgan fingerprint density at radius 3 is 2.67 bits per heavy atom. The van der Waals surface area contributed by atoms with Gasteiger partial charge in [-0.15, -0.1) is 4.72 Å². The summed E-state index contributed by atoms with van der Waals surface area (Å²) in [7, 11) is 1.67. The number of hydrogen-bond acceptors (Lipinski definition) is 4. The zero-order valence-corrected chi connectivity index (χ0v) is 17.8. The molecule has 3 N–H and O–H groups in total. The molecule has 1 saturated heterocycles. The Hall–Kier alpha value is -1.08. The van der Waals surface area contributed by atoms with Crippen LogP contribution in [0, 0.1) is 5.41 Å². The number of aryl methyl sites for hydroxylation is 1. The van der Waals surface area contributed by atoms with Crippen LogP contribution in [-0.2, 0) is 29.0 Å². The molecule has 1 aromatic rings. The first-order valence-electron chi connectivity index (χ1n) is 9.96. The van der Waals surface area contributed by atoms with Gasteiger partial charge in [0.05, 0.1) is 6.04 Å². The molecule has 0 radical (unpaired) electrons. The molecule has 1 aliphatic heterocycles. The Kier molecular flexibility index (Phi) is 6.21. The van der Waals surface area contributed by atoms with Gasteiger partial charge in [-0.2, -0.15) is 0 Å². The zero-order chi connectivity index (χ0) is 19.7. The van der Waals surface area contributed by atoms with Gasteiger partial charge >= 0.3 is 0 Å². The second-order valence-corrected chi connectivity index (χ2v) is 10.9. The van der Waals surface area contributed by atoms with E-state index in [1.165, 1.54) is 16.7 Å². The maximum absolute atomic E-state index is 12.9. The lowest BCUT2D eigenvalue weighted by Gasteiger charge is -2.40. The minimum atomic E-state index is -1.12. The largest absolute Gasteiger partial charge is 0.598 e. The molecule has 1 heterocycles. The average molecular weight is 392 g/mol. The van der Waals surface area contributed by atoms with E-state index in [9.17, 15) is 9.35 Å². The molecule has 0 unspecified atom stereocenters. The van der Waals surface area contributed by atoms with Gasteiger partial charge in [0.15, 0.2) is 0 Å². The van der Waals surface area contributed by atoms with Crippen molar-refractivity contribution in [2.24, 2.45) is 5.41 Å². The van der Waals surface area contributed by atoms with Crippen molar-refractivity contribution in [1.82, 2.24) is 15.4 Å². The van der Waals surface area contributed by atoms with E-state index < -0.39 is 11.4 Å². The fraction of sp³-hybridized carbons (Fsp3) is 0.667. The molecular weight excluding hydrogens is 358 g/mol. The summed E-state index contributed by atoms with van der Waals surface area (Å²) in [6.07, 6.45) is 4.45. The molecule has 0 aromatic heterocycles. The highest BCUT2D eigenvalue weighted by Crippen LogP contribution is 2.52. The Bertz CT molecular complexity index is 680. The molecule has 5 nitrogen and oxygen atoms in total. The van der Waals surface area contributed by atoms with E-state index in [4.69, 9.17) is 0 Å². The Labute approximate surface area is 166 Å². The Morgan fingerprint density at radius 2 is 2.04 bits per heavy atom. The summed E-state index contributed by atoms with van der Waals surface area (Å²) in [5.41, 5.74) is 3.96. The van der Waals surface area contributed by atoms with E-state index in [0.29, 0.717) is 6.42 Å². The molecular formula is C21H33N3O2S. The summed E-state index contributed by atoms with van der Waals surface area (Å²) < 4.78 is 16.1. The van der Waals surface area contributed by atoms with Crippen LogP contribution in [0.25, 0.3) is 0 Å². The number of carbonyl (C=O) groups is 1. The lowest BCUT2D eigenvalue weighted by Crippen LogP contribution is -2.48. The number of carbonyl (C=O) groups excluding carboxylic acids is 1.